The molecule has 0 fully saturated rings. The SMILES string of the molecule is CC(C)NC(=O)NC(=O)CN(C)Cc1ccc(F)cc1. The molecule has 0 saturated carbocycles. The number of carbonyl (C=O) groups is 2. The Balaban J connectivity index is 2.38. The molecule has 0 bridgehead atoms. The molecule has 5 nitrogen and oxygen atoms in total. The van der Waals surface area contributed by atoms with Gasteiger partial charge in [-0.2, -0.15) is 0 Å². The number of imide groups is 1. The number of halogens is 1. The maximum atomic E-state index is 12.8. The zero-order valence-corrected chi connectivity index (χ0v) is 11.9. The van der Waals surface area contributed by atoms with Gasteiger partial charge in [0.05, 0.1) is 6.54 Å². The fourth-order valence-electron chi connectivity index (χ4n) is 1.67. The largest absolute Gasteiger partial charge is 0.336 e. The molecule has 1 rings (SSSR count). The van der Waals surface area contributed by atoms with Gasteiger partial charge in [-0.3, -0.25) is 15.0 Å². The molecule has 0 unspecified atom stereocenters. The molecule has 0 radical (unpaired) electrons. The van der Waals surface area contributed by atoms with Crippen LogP contribution in [0.2, 0.25) is 0 Å². The summed E-state index contributed by atoms with van der Waals surface area (Å²) in [5.41, 5.74) is 0.897. The minimum absolute atomic E-state index is 0.0280. The number of hydrogen-bond acceptors (Lipinski definition) is 3. The van der Waals surface area contributed by atoms with Gasteiger partial charge >= 0.3 is 6.03 Å². The Bertz CT molecular complexity index is 460. The van der Waals surface area contributed by atoms with Gasteiger partial charge in [0.1, 0.15) is 5.82 Å². The molecule has 0 aliphatic heterocycles. The number of likely N-dealkylation sites (N-methyl/N-ethyl adjacent to an activating group) is 1. The minimum atomic E-state index is -0.500. The van der Waals surface area contributed by atoms with E-state index in [2.05, 4.69) is 10.6 Å². The summed E-state index contributed by atoms with van der Waals surface area (Å²) in [6.45, 7) is 4.21. The zero-order valence-electron chi connectivity index (χ0n) is 11.9. The quantitative estimate of drug-likeness (QED) is 0.859. The van der Waals surface area contributed by atoms with Crippen LogP contribution in [0.4, 0.5) is 9.18 Å². The highest BCUT2D eigenvalue weighted by Gasteiger charge is 2.11. The van der Waals surface area contributed by atoms with Gasteiger partial charge < -0.3 is 5.32 Å². The first-order chi connectivity index (χ1) is 9.36. The topological polar surface area (TPSA) is 61.4 Å². The smallest absolute Gasteiger partial charge is 0.321 e. The first kappa shape index (κ1) is 16.1. The van der Waals surface area contributed by atoms with Crippen LogP contribution in [0.1, 0.15) is 19.4 Å². The molecule has 0 atom stereocenters. The van der Waals surface area contributed by atoms with E-state index in [4.69, 9.17) is 0 Å². The van der Waals surface area contributed by atoms with Gasteiger partial charge in [0, 0.05) is 12.6 Å². The van der Waals surface area contributed by atoms with Crippen molar-refractivity contribution in [1.82, 2.24) is 15.5 Å². The Kier molecular flexibility index (Phi) is 6.11. The van der Waals surface area contributed by atoms with Crippen molar-refractivity contribution < 1.29 is 14.0 Å². The van der Waals surface area contributed by atoms with Crippen LogP contribution in [0.25, 0.3) is 0 Å². The van der Waals surface area contributed by atoms with Crippen LogP contribution >= 0.6 is 0 Å². The number of rotatable bonds is 5. The molecule has 0 spiro atoms. The second-order valence-electron chi connectivity index (χ2n) is 4.98. The lowest BCUT2D eigenvalue weighted by molar-refractivity contribution is -0.120. The Morgan fingerprint density at radius 2 is 1.85 bits per heavy atom. The first-order valence-corrected chi connectivity index (χ1v) is 6.40. The monoisotopic (exact) mass is 281 g/mol. The predicted molar refractivity (Wildman–Crippen MR) is 74.5 cm³/mol. The number of carbonyl (C=O) groups excluding carboxylic acids is 2. The van der Waals surface area contributed by atoms with Crippen molar-refractivity contribution in [2.45, 2.75) is 26.4 Å². The van der Waals surface area contributed by atoms with Crippen LogP contribution in [0.5, 0.6) is 0 Å². The lowest BCUT2D eigenvalue weighted by atomic mass is 10.2. The summed E-state index contributed by atoms with van der Waals surface area (Å²) in [5, 5.41) is 4.82. The summed E-state index contributed by atoms with van der Waals surface area (Å²) < 4.78 is 12.8. The molecule has 3 amide bonds. The number of amides is 3. The Morgan fingerprint density at radius 3 is 2.40 bits per heavy atom. The highest BCUT2D eigenvalue weighted by atomic mass is 19.1. The Morgan fingerprint density at radius 1 is 1.25 bits per heavy atom. The molecule has 0 aliphatic rings. The van der Waals surface area contributed by atoms with Gasteiger partial charge in [-0.05, 0) is 38.6 Å². The van der Waals surface area contributed by atoms with Gasteiger partial charge in [0.2, 0.25) is 5.91 Å². The summed E-state index contributed by atoms with van der Waals surface area (Å²) >= 11 is 0. The van der Waals surface area contributed by atoms with E-state index >= 15 is 0 Å². The van der Waals surface area contributed by atoms with Gasteiger partial charge in [-0.1, -0.05) is 12.1 Å². The van der Waals surface area contributed by atoms with Crippen molar-refractivity contribution >= 4 is 11.9 Å². The van der Waals surface area contributed by atoms with Crippen LogP contribution in [-0.4, -0.2) is 36.5 Å². The fourth-order valence-corrected chi connectivity index (χ4v) is 1.67. The van der Waals surface area contributed by atoms with Crippen molar-refractivity contribution in [3.63, 3.8) is 0 Å². The van der Waals surface area contributed by atoms with E-state index in [0.29, 0.717) is 6.54 Å². The van der Waals surface area contributed by atoms with Crippen LogP contribution < -0.4 is 10.6 Å². The Hall–Kier alpha value is -1.95. The molecule has 110 valence electrons. The molecule has 0 aliphatic carbocycles. The van der Waals surface area contributed by atoms with Crippen molar-refractivity contribution in [2.24, 2.45) is 0 Å². The first-order valence-electron chi connectivity index (χ1n) is 6.40. The standard InChI is InChI=1S/C14H20FN3O2/c1-10(2)16-14(20)17-13(19)9-18(3)8-11-4-6-12(15)7-5-11/h4-7,10H,8-9H2,1-3H3,(H2,16,17,19,20). The number of hydrogen-bond donors (Lipinski definition) is 2. The number of nitrogens with one attached hydrogen (secondary N) is 2. The molecule has 0 saturated heterocycles. The molecule has 0 aromatic heterocycles. The van der Waals surface area contributed by atoms with E-state index < -0.39 is 6.03 Å². The molecule has 6 heteroatoms. The van der Waals surface area contributed by atoms with Gasteiger partial charge in [0.15, 0.2) is 0 Å². The van der Waals surface area contributed by atoms with Crippen LogP contribution in [0, 0.1) is 5.82 Å². The summed E-state index contributed by atoms with van der Waals surface area (Å²) in [5.74, 6) is -0.674. The molecule has 2 N–H and O–H groups in total. The van der Waals surface area contributed by atoms with Crippen molar-refractivity contribution in [2.75, 3.05) is 13.6 Å². The molecular weight excluding hydrogens is 261 g/mol. The van der Waals surface area contributed by atoms with E-state index in [1.807, 2.05) is 13.8 Å². The summed E-state index contributed by atoms with van der Waals surface area (Å²) in [6, 6.07) is 5.54. The van der Waals surface area contributed by atoms with E-state index in [1.165, 1.54) is 12.1 Å². The Labute approximate surface area is 118 Å². The molecular formula is C14H20FN3O2. The van der Waals surface area contributed by atoms with Crippen molar-refractivity contribution in [3.8, 4) is 0 Å². The number of benzene rings is 1. The van der Waals surface area contributed by atoms with Crippen LogP contribution in [-0.2, 0) is 11.3 Å². The maximum absolute atomic E-state index is 12.8. The highest BCUT2D eigenvalue weighted by molar-refractivity contribution is 5.95. The summed E-state index contributed by atoms with van der Waals surface area (Å²) in [4.78, 5) is 24.7. The number of urea groups is 1. The second-order valence-corrected chi connectivity index (χ2v) is 4.98. The van der Waals surface area contributed by atoms with Crippen molar-refractivity contribution in [3.05, 3.63) is 35.6 Å². The maximum Gasteiger partial charge on any atom is 0.321 e. The van der Waals surface area contributed by atoms with Crippen molar-refractivity contribution in [1.29, 1.82) is 0 Å². The summed E-state index contributed by atoms with van der Waals surface area (Å²) in [7, 11) is 1.75. The second kappa shape index (κ2) is 7.59. The predicted octanol–water partition coefficient (Wildman–Crippen LogP) is 1.49. The fraction of sp³-hybridized carbons (Fsp3) is 0.429. The zero-order chi connectivity index (χ0) is 15.1. The van der Waals surface area contributed by atoms with Gasteiger partial charge in [-0.15, -0.1) is 0 Å². The van der Waals surface area contributed by atoms with Gasteiger partial charge in [-0.25, -0.2) is 9.18 Å². The van der Waals surface area contributed by atoms with Crippen LogP contribution in [0.15, 0.2) is 24.3 Å². The summed E-state index contributed by atoms with van der Waals surface area (Å²) in [6.07, 6.45) is 0. The lowest BCUT2D eigenvalue weighted by Gasteiger charge is -2.16. The third-order valence-corrected chi connectivity index (χ3v) is 2.45. The number of nitrogens with zero attached hydrogens (tertiary/aromatic N) is 1. The van der Waals surface area contributed by atoms with Gasteiger partial charge in [0.25, 0.3) is 0 Å². The average molecular weight is 281 g/mol. The average Bonchev–Trinajstić information content (AvgIpc) is 2.30. The third kappa shape index (κ3) is 6.29. The molecule has 1 aromatic rings. The van der Waals surface area contributed by atoms with E-state index in [-0.39, 0.29) is 24.3 Å². The minimum Gasteiger partial charge on any atom is -0.336 e. The highest BCUT2D eigenvalue weighted by Crippen LogP contribution is 2.05. The van der Waals surface area contributed by atoms with Crippen LogP contribution in [0.3, 0.4) is 0 Å². The van der Waals surface area contributed by atoms with E-state index in [9.17, 15) is 14.0 Å². The van der Waals surface area contributed by atoms with E-state index in [1.54, 1.807) is 24.1 Å². The van der Waals surface area contributed by atoms with E-state index in [0.717, 1.165) is 5.56 Å². The third-order valence-electron chi connectivity index (χ3n) is 2.45. The molecule has 1 aromatic carbocycles. The molecule has 20 heavy (non-hydrogen) atoms. The lowest BCUT2D eigenvalue weighted by Crippen LogP contribution is -2.45. The molecule has 0 heterocycles. The normalized spacial score (nSPS) is 10.7.